The summed E-state index contributed by atoms with van der Waals surface area (Å²) >= 11 is 0. The Morgan fingerprint density at radius 3 is 2.69 bits per heavy atom. The topological polar surface area (TPSA) is 82.6 Å². The number of nitrogens with one attached hydrogen (secondary N) is 1. The van der Waals surface area contributed by atoms with E-state index in [0.29, 0.717) is 18.2 Å². The number of aromatic nitrogens is 2. The largest absolute Gasteiger partial charge is 0.486 e. The average molecular weight is 393 g/mol. The number of carbonyl (C=O) groups excluding carboxylic acids is 1. The van der Waals surface area contributed by atoms with Gasteiger partial charge in [-0.1, -0.05) is 42.5 Å². The number of rotatable bonds is 8. The number of nitrogens with zero attached hydrogens (tertiary/aromatic N) is 2. The second kappa shape index (κ2) is 10.1. The van der Waals surface area contributed by atoms with Crippen LogP contribution in [0.1, 0.15) is 18.1 Å². The zero-order valence-corrected chi connectivity index (χ0v) is 16.4. The summed E-state index contributed by atoms with van der Waals surface area (Å²) in [4.78, 5) is 19.7. The summed E-state index contributed by atoms with van der Waals surface area (Å²) in [5.41, 5.74) is 2.63. The fourth-order valence-electron chi connectivity index (χ4n) is 2.79. The molecule has 0 aliphatic rings. The minimum absolute atomic E-state index is 0.238. The summed E-state index contributed by atoms with van der Waals surface area (Å²) in [6.45, 7) is 0.238. The Bertz CT molecular complexity index is 934. The summed E-state index contributed by atoms with van der Waals surface area (Å²) < 4.78 is 16.5. The molecule has 0 radical (unpaired) electrons. The van der Waals surface area contributed by atoms with Crippen molar-refractivity contribution in [1.82, 2.24) is 15.3 Å². The molecule has 0 saturated heterocycles. The van der Waals surface area contributed by atoms with E-state index in [1.165, 1.54) is 14.2 Å². The quantitative estimate of drug-likeness (QED) is 0.622. The molecule has 1 amide bonds. The molecule has 0 fully saturated rings. The Morgan fingerprint density at radius 1 is 1.10 bits per heavy atom. The second-order valence-electron chi connectivity index (χ2n) is 6.15. The van der Waals surface area contributed by atoms with Gasteiger partial charge in [-0.05, 0) is 23.8 Å². The van der Waals surface area contributed by atoms with E-state index in [4.69, 9.17) is 14.2 Å². The molecule has 1 aromatic heterocycles. The second-order valence-corrected chi connectivity index (χ2v) is 6.15. The van der Waals surface area contributed by atoms with Crippen LogP contribution in [0.4, 0.5) is 4.79 Å². The normalized spacial score (nSPS) is 11.4. The lowest BCUT2D eigenvalue weighted by molar-refractivity contribution is 0.117. The van der Waals surface area contributed by atoms with Crippen molar-refractivity contribution in [2.24, 2.45) is 0 Å². The molecule has 3 aromatic rings. The maximum Gasteiger partial charge on any atom is 0.406 e. The van der Waals surface area contributed by atoms with Gasteiger partial charge in [0.05, 0.1) is 19.4 Å². The molecule has 1 heterocycles. The first-order valence-electron chi connectivity index (χ1n) is 9.23. The predicted molar refractivity (Wildman–Crippen MR) is 109 cm³/mol. The highest BCUT2D eigenvalue weighted by atomic mass is 16.5. The Labute approximate surface area is 169 Å². The summed E-state index contributed by atoms with van der Waals surface area (Å²) in [7, 11) is 3.06. The van der Waals surface area contributed by atoms with Crippen molar-refractivity contribution in [3.05, 3.63) is 72.4 Å². The van der Waals surface area contributed by atoms with Gasteiger partial charge in [-0.15, -0.1) is 0 Å². The molecule has 3 rings (SSSR count). The molecular weight excluding hydrogens is 370 g/mol. The smallest absolute Gasteiger partial charge is 0.406 e. The van der Waals surface area contributed by atoms with E-state index in [-0.39, 0.29) is 12.7 Å². The maximum atomic E-state index is 11.3. The Morgan fingerprint density at radius 2 is 1.93 bits per heavy atom. The fraction of sp³-hybridized carbons (Fsp3) is 0.227. The van der Waals surface area contributed by atoms with Crippen molar-refractivity contribution in [2.75, 3.05) is 20.8 Å². The number of methoxy groups -OCH3 is 1. The highest BCUT2D eigenvalue weighted by molar-refractivity contribution is 5.66. The van der Waals surface area contributed by atoms with E-state index >= 15 is 0 Å². The Kier molecular flexibility index (Phi) is 7.00. The molecule has 2 aromatic carbocycles. The van der Waals surface area contributed by atoms with Gasteiger partial charge >= 0.3 is 12.1 Å². The van der Waals surface area contributed by atoms with Crippen LogP contribution in [0.2, 0.25) is 0 Å². The lowest BCUT2D eigenvalue weighted by atomic mass is 10.1. The molecule has 150 valence electrons. The minimum Gasteiger partial charge on any atom is -0.486 e. The van der Waals surface area contributed by atoms with Crippen molar-refractivity contribution >= 4 is 6.09 Å². The highest BCUT2D eigenvalue weighted by Gasteiger charge is 2.15. The summed E-state index contributed by atoms with van der Waals surface area (Å²) in [6.07, 6.45) is 1.44. The minimum atomic E-state index is -0.462. The molecule has 7 nitrogen and oxygen atoms in total. The molecule has 0 aliphatic carbocycles. The SMILES string of the molecule is CNC(=O)OCCC(Oc1cccc(-c2ccnc(OC)n2)c1)c1ccccc1. The first-order valence-corrected chi connectivity index (χ1v) is 9.23. The standard InChI is InChI=1S/C22H23N3O4/c1-23-22(26)28-14-12-20(16-7-4-3-5-8-16)29-18-10-6-9-17(15-18)19-11-13-24-21(25-19)27-2/h3-11,13,15,20H,12,14H2,1-2H3,(H,23,26). The van der Waals surface area contributed by atoms with Crippen LogP contribution < -0.4 is 14.8 Å². The van der Waals surface area contributed by atoms with Crippen molar-refractivity contribution in [3.8, 4) is 23.0 Å². The first kappa shape index (κ1) is 20.1. The van der Waals surface area contributed by atoms with Crippen molar-refractivity contribution in [3.63, 3.8) is 0 Å². The number of benzene rings is 2. The number of carbonyl (C=O) groups is 1. The molecule has 29 heavy (non-hydrogen) atoms. The number of hydrogen-bond donors (Lipinski definition) is 1. The van der Waals surface area contributed by atoms with Gasteiger partial charge in [0.1, 0.15) is 11.9 Å². The van der Waals surface area contributed by atoms with Gasteiger partial charge in [0.15, 0.2) is 0 Å². The molecule has 1 N–H and O–H groups in total. The molecule has 0 saturated carbocycles. The predicted octanol–water partition coefficient (Wildman–Crippen LogP) is 4.02. The van der Waals surface area contributed by atoms with Gasteiger partial charge in [0.2, 0.25) is 0 Å². The van der Waals surface area contributed by atoms with Gasteiger partial charge in [0.25, 0.3) is 0 Å². The molecule has 0 aliphatic heterocycles. The van der Waals surface area contributed by atoms with Crippen LogP contribution in [0, 0.1) is 0 Å². The Balaban J connectivity index is 1.79. The van der Waals surface area contributed by atoms with E-state index < -0.39 is 6.09 Å². The summed E-state index contributed by atoms with van der Waals surface area (Å²) in [5.74, 6) is 0.689. The zero-order valence-electron chi connectivity index (χ0n) is 16.4. The maximum absolute atomic E-state index is 11.3. The molecule has 7 heteroatoms. The number of alkyl carbamates (subject to hydrolysis) is 1. The fourth-order valence-corrected chi connectivity index (χ4v) is 2.79. The van der Waals surface area contributed by atoms with Gasteiger partial charge in [-0.3, -0.25) is 0 Å². The van der Waals surface area contributed by atoms with E-state index in [9.17, 15) is 4.79 Å². The zero-order chi connectivity index (χ0) is 20.5. The Hall–Kier alpha value is -3.61. The molecule has 1 atom stereocenters. The van der Waals surface area contributed by atoms with Gasteiger partial charge < -0.3 is 19.5 Å². The van der Waals surface area contributed by atoms with Crippen LogP contribution in [-0.2, 0) is 4.74 Å². The molecule has 1 unspecified atom stereocenters. The number of hydrogen-bond acceptors (Lipinski definition) is 6. The molecule has 0 bridgehead atoms. The van der Waals surface area contributed by atoms with Gasteiger partial charge in [0, 0.05) is 25.2 Å². The third-order valence-corrected chi connectivity index (χ3v) is 4.21. The van der Waals surface area contributed by atoms with Crippen molar-refractivity contribution < 1.29 is 19.0 Å². The first-order chi connectivity index (χ1) is 14.2. The van der Waals surface area contributed by atoms with Crippen LogP contribution in [0.15, 0.2) is 66.9 Å². The van der Waals surface area contributed by atoms with Crippen LogP contribution >= 0.6 is 0 Å². The van der Waals surface area contributed by atoms with E-state index in [0.717, 1.165) is 16.8 Å². The highest BCUT2D eigenvalue weighted by Crippen LogP contribution is 2.28. The average Bonchev–Trinajstić information content (AvgIpc) is 2.79. The summed E-state index contributed by atoms with van der Waals surface area (Å²) in [6, 6.07) is 19.6. The van der Waals surface area contributed by atoms with E-state index in [1.807, 2.05) is 60.7 Å². The van der Waals surface area contributed by atoms with E-state index in [1.54, 1.807) is 6.20 Å². The molecular formula is C22H23N3O4. The molecule has 0 spiro atoms. The monoisotopic (exact) mass is 393 g/mol. The van der Waals surface area contributed by atoms with E-state index in [2.05, 4.69) is 15.3 Å². The number of ether oxygens (including phenoxy) is 3. The van der Waals surface area contributed by atoms with Crippen molar-refractivity contribution in [1.29, 1.82) is 0 Å². The van der Waals surface area contributed by atoms with Gasteiger partial charge in [-0.25, -0.2) is 9.78 Å². The number of amides is 1. The van der Waals surface area contributed by atoms with Crippen LogP contribution in [0.25, 0.3) is 11.3 Å². The van der Waals surface area contributed by atoms with Gasteiger partial charge in [-0.2, -0.15) is 4.98 Å². The van der Waals surface area contributed by atoms with Crippen LogP contribution in [-0.4, -0.2) is 36.8 Å². The third kappa shape index (κ3) is 5.68. The lowest BCUT2D eigenvalue weighted by Crippen LogP contribution is -2.21. The summed E-state index contributed by atoms with van der Waals surface area (Å²) in [5, 5.41) is 2.44. The lowest BCUT2D eigenvalue weighted by Gasteiger charge is -2.20. The van der Waals surface area contributed by atoms with Crippen molar-refractivity contribution in [2.45, 2.75) is 12.5 Å². The third-order valence-electron chi connectivity index (χ3n) is 4.21. The van der Waals surface area contributed by atoms with Crippen LogP contribution in [0.5, 0.6) is 11.8 Å². The van der Waals surface area contributed by atoms with Crippen LogP contribution in [0.3, 0.4) is 0 Å².